The van der Waals surface area contributed by atoms with E-state index in [2.05, 4.69) is 5.32 Å². The largest absolute Gasteiger partial charge is 0.469 e. The first-order chi connectivity index (χ1) is 20.0. The molecule has 0 spiro atoms. The molecule has 6 nitrogen and oxygen atoms in total. The van der Waals surface area contributed by atoms with Crippen LogP contribution in [0.2, 0.25) is 0 Å². The summed E-state index contributed by atoms with van der Waals surface area (Å²) in [5, 5.41) is 3.11. The minimum atomic E-state index is -0.867. The van der Waals surface area contributed by atoms with Gasteiger partial charge in [-0.25, -0.2) is 0 Å². The molecule has 2 amide bonds. The number of hydrogen-bond donors (Lipinski definition) is 1. The first kappa shape index (κ1) is 28.6. The average molecular weight is 553 g/mol. The maximum atomic E-state index is 14.2. The van der Waals surface area contributed by atoms with E-state index < -0.39 is 29.9 Å². The normalized spacial score (nSPS) is 22.4. The first-order valence-electron chi connectivity index (χ1n) is 14.8. The molecule has 0 radical (unpaired) electrons. The van der Waals surface area contributed by atoms with Crippen LogP contribution in [0.1, 0.15) is 72.7 Å². The Morgan fingerprint density at radius 1 is 0.854 bits per heavy atom. The topological polar surface area (TPSA) is 75.7 Å². The number of benzene rings is 3. The molecule has 1 saturated heterocycles. The molecule has 2 fully saturated rings. The second-order valence-corrected chi connectivity index (χ2v) is 11.5. The van der Waals surface area contributed by atoms with Crippen LogP contribution in [0, 0.1) is 18.8 Å². The van der Waals surface area contributed by atoms with E-state index >= 15 is 0 Å². The third kappa shape index (κ3) is 6.37. The Hall–Kier alpha value is -3.93. The van der Waals surface area contributed by atoms with Gasteiger partial charge in [-0.3, -0.25) is 14.4 Å². The number of nitrogens with zero attached hydrogens (tertiary/aromatic N) is 1. The number of aryl methyl sites for hydroxylation is 1. The average Bonchev–Trinajstić information content (AvgIpc) is 3.66. The summed E-state index contributed by atoms with van der Waals surface area (Å²) >= 11 is 0. The van der Waals surface area contributed by atoms with Gasteiger partial charge in [0.2, 0.25) is 11.8 Å². The third-order valence-electron chi connectivity index (χ3n) is 8.85. The van der Waals surface area contributed by atoms with Gasteiger partial charge < -0.3 is 15.0 Å². The summed E-state index contributed by atoms with van der Waals surface area (Å²) in [5.74, 6) is -1.55. The Bertz CT molecular complexity index is 1320. The smallest absolute Gasteiger partial charge is 0.311 e. The number of carbonyl (C=O) groups is 3. The van der Waals surface area contributed by atoms with Crippen LogP contribution < -0.4 is 5.32 Å². The molecule has 1 heterocycles. The molecule has 0 bridgehead atoms. The van der Waals surface area contributed by atoms with Crippen LogP contribution >= 0.6 is 0 Å². The number of likely N-dealkylation sites (tertiary alicyclic amines) is 1. The molecule has 1 N–H and O–H groups in total. The molecule has 1 aliphatic carbocycles. The molecule has 214 valence electrons. The number of methoxy groups -OCH3 is 1. The van der Waals surface area contributed by atoms with E-state index in [1.54, 1.807) is 4.90 Å². The molecular formula is C35H40N2O4. The number of ether oxygens (including phenoxy) is 1. The molecule has 5 rings (SSSR count). The van der Waals surface area contributed by atoms with Gasteiger partial charge in [-0.05, 0) is 36.0 Å². The number of carbonyl (C=O) groups excluding carboxylic acids is 3. The summed E-state index contributed by atoms with van der Waals surface area (Å²) in [6.45, 7) is 2.36. The summed E-state index contributed by atoms with van der Waals surface area (Å²) in [5.41, 5.74) is 3.78. The Kier molecular flexibility index (Phi) is 9.17. The molecule has 1 saturated carbocycles. The fraction of sp³-hybridized carbons (Fsp3) is 0.400. The Morgan fingerprint density at radius 3 is 2.07 bits per heavy atom. The van der Waals surface area contributed by atoms with Gasteiger partial charge in [0, 0.05) is 18.9 Å². The lowest BCUT2D eigenvalue weighted by molar-refractivity contribution is -0.147. The van der Waals surface area contributed by atoms with Crippen LogP contribution in [0.15, 0.2) is 84.9 Å². The highest BCUT2D eigenvalue weighted by molar-refractivity contribution is 5.92. The van der Waals surface area contributed by atoms with Crippen molar-refractivity contribution in [2.75, 3.05) is 7.11 Å². The van der Waals surface area contributed by atoms with Crippen molar-refractivity contribution < 1.29 is 19.1 Å². The monoisotopic (exact) mass is 552 g/mol. The molecule has 3 aromatic rings. The number of hydrogen-bond acceptors (Lipinski definition) is 4. The molecule has 6 heteroatoms. The van der Waals surface area contributed by atoms with E-state index in [9.17, 15) is 14.4 Å². The zero-order chi connectivity index (χ0) is 28.8. The molecule has 4 unspecified atom stereocenters. The predicted molar refractivity (Wildman–Crippen MR) is 159 cm³/mol. The molecule has 0 aromatic heterocycles. The number of amides is 2. The molecule has 1 aliphatic heterocycles. The lowest BCUT2D eigenvalue weighted by Gasteiger charge is -2.32. The highest BCUT2D eigenvalue weighted by atomic mass is 16.5. The minimum absolute atomic E-state index is 0.0893. The summed E-state index contributed by atoms with van der Waals surface area (Å²) in [4.78, 5) is 43.8. The fourth-order valence-corrected chi connectivity index (χ4v) is 6.76. The van der Waals surface area contributed by atoms with Crippen LogP contribution in [0.25, 0.3) is 0 Å². The highest BCUT2D eigenvalue weighted by Gasteiger charge is 2.57. The van der Waals surface area contributed by atoms with E-state index in [1.807, 2.05) is 91.9 Å². The van der Waals surface area contributed by atoms with Crippen molar-refractivity contribution in [3.63, 3.8) is 0 Å². The van der Waals surface area contributed by atoms with Gasteiger partial charge in [-0.1, -0.05) is 116 Å². The van der Waals surface area contributed by atoms with Gasteiger partial charge in [0.15, 0.2) is 0 Å². The van der Waals surface area contributed by atoms with E-state index in [-0.39, 0.29) is 11.8 Å². The van der Waals surface area contributed by atoms with Gasteiger partial charge in [0.05, 0.1) is 19.1 Å². The van der Waals surface area contributed by atoms with Crippen molar-refractivity contribution in [1.82, 2.24) is 10.2 Å². The zero-order valence-corrected chi connectivity index (χ0v) is 24.0. The SMILES string of the molecule is COC(=O)C1C(c2ccccc2)C(C(=O)NCc2ccc(C)cc2)N(C(=O)CCC2CCCC2)C1c1ccccc1. The van der Waals surface area contributed by atoms with E-state index in [4.69, 9.17) is 4.74 Å². The van der Waals surface area contributed by atoms with Crippen LogP contribution in [0.3, 0.4) is 0 Å². The second kappa shape index (κ2) is 13.2. The predicted octanol–water partition coefficient (Wildman–Crippen LogP) is 6.11. The maximum Gasteiger partial charge on any atom is 0.311 e. The van der Waals surface area contributed by atoms with Crippen LogP contribution in [0.5, 0.6) is 0 Å². The number of rotatable bonds is 9. The summed E-state index contributed by atoms with van der Waals surface area (Å²) in [6.07, 6.45) is 5.86. The van der Waals surface area contributed by atoms with Crippen molar-refractivity contribution in [3.8, 4) is 0 Å². The van der Waals surface area contributed by atoms with Gasteiger partial charge in [0.25, 0.3) is 0 Å². The Morgan fingerprint density at radius 2 is 1.46 bits per heavy atom. The number of esters is 1. The van der Waals surface area contributed by atoms with Crippen molar-refractivity contribution in [1.29, 1.82) is 0 Å². The van der Waals surface area contributed by atoms with Gasteiger partial charge in [0.1, 0.15) is 6.04 Å². The van der Waals surface area contributed by atoms with Gasteiger partial charge in [-0.15, -0.1) is 0 Å². The van der Waals surface area contributed by atoms with Crippen LogP contribution in [-0.4, -0.2) is 35.8 Å². The lowest BCUT2D eigenvalue weighted by Crippen LogP contribution is -2.48. The third-order valence-corrected chi connectivity index (χ3v) is 8.85. The van der Waals surface area contributed by atoms with E-state index in [1.165, 1.54) is 20.0 Å². The highest BCUT2D eigenvalue weighted by Crippen LogP contribution is 2.51. The minimum Gasteiger partial charge on any atom is -0.469 e. The second-order valence-electron chi connectivity index (χ2n) is 11.5. The van der Waals surface area contributed by atoms with Gasteiger partial charge >= 0.3 is 5.97 Å². The van der Waals surface area contributed by atoms with Crippen LogP contribution in [-0.2, 0) is 25.7 Å². The van der Waals surface area contributed by atoms with Crippen LogP contribution in [0.4, 0.5) is 0 Å². The van der Waals surface area contributed by atoms with Crippen molar-refractivity contribution in [3.05, 3.63) is 107 Å². The standard InChI is InChI=1S/C35H40N2O4/c1-24-17-19-26(20-18-24)23-36-34(39)33-30(27-13-5-3-6-14-27)31(35(40)41-2)32(28-15-7-4-8-16-28)37(33)29(38)22-21-25-11-9-10-12-25/h3-8,13-20,25,30-33H,9-12,21-23H2,1-2H3,(H,36,39). The van der Waals surface area contributed by atoms with Crippen molar-refractivity contribution in [2.45, 2.75) is 70.0 Å². The summed E-state index contributed by atoms with van der Waals surface area (Å²) in [6, 6.07) is 25.7. The van der Waals surface area contributed by atoms with E-state index in [0.29, 0.717) is 18.9 Å². The molecule has 4 atom stereocenters. The molecule has 2 aliphatic rings. The molecular weight excluding hydrogens is 512 g/mol. The summed E-state index contributed by atoms with van der Waals surface area (Å²) in [7, 11) is 1.38. The molecule has 3 aromatic carbocycles. The summed E-state index contributed by atoms with van der Waals surface area (Å²) < 4.78 is 5.37. The Balaban J connectivity index is 1.56. The van der Waals surface area contributed by atoms with Gasteiger partial charge in [-0.2, -0.15) is 0 Å². The number of nitrogens with one attached hydrogen (secondary N) is 1. The molecule has 41 heavy (non-hydrogen) atoms. The fourth-order valence-electron chi connectivity index (χ4n) is 6.76. The quantitative estimate of drug-likeness (QED) is 0.325. The van der Waals surface area contributed by atoms with E-state index in [0.717, 1.165) is 41.5 Å². The van der Waals surface area contributed by atoms with Crippen molar-refractivity contribution in [2.24, 2.45) is 11.8 Å². The van der Waals surface area contributed by atoms with Crippen molar-refractivity contribution >= 4 is 17.8 Å². The maximum absolute atomic E-state index is 14.2. The Labute approximate surface area is 243 Å². The zero-order valence-electron chi connectivity index (χ0n) is 24.0. The lowest BCUT2D eigenvalue weighted by atomic mass is 9.80. The first-order valence-corrected chi connectivity index (χ1v) is 14.8.